The number of carbonyl (C=O) groups is 2. The van der Waals surface area contributed by atoms with Crippen molar-refractivity contribution in [3.8, 4) is 0 Å². The minimum Gasteiger partial charge on any atom is -0.480 e. The van der Waals surface area contributed by atoms with Crippen molar-refractivity contribution in [2.24, 2.45) is 0 Å². The van der Waals surface area contributed by atoms with Crippen LogP contribution in [0.1, 0.15) is 23.2 Å². The molecule has 1 fully saturated rings. The standard InChI is InChI=1S/C12H11BrClNO3/c13-10-4-1-7(14)5-9(10)12(18)15(6-11(16)17)8-2-3-8/h1,4-5,8H,2-3,6H2,(H,16,17). The number of amides is 1. The third-order valence-corrected chi connectivity index (χ3v) is 3.64. The van der Waals surface area contributed by atoms with E-state index in [9.17, 15) is 9.59 Å². The topological polar surface area (TPSA) is 57.6 Å². The number of carboxylic acids is 1. The number of hydrogen-bond donors (Lipinski definition) is 1. The third kappa shape index (κ3) is 3.03. The zero-order chi connectivity index (χ0) is 13.3. The van der Waals surface area contributed by atoms with Gasteiger partial charge in [0.05, 0.1) is 5.56 Å². The van der Waals surface area contributed by atoms with Crippen molar-refractivity contribution in [1.82, 2.24) is 4.90 Å². The molecule has 1 aliphatic carbocycles. The van der Waals surface area contributed by atoms with Gasteiger partial charge in [0.2, 0.25) is 0 Å². The molecule has 1 aromatic rings. The van der Waals surface area contributed by atoms with Crippen LogP contribution in [-0.2, 0) is 4.79 Å². The molecular weight excluding hydrogens is 321 g/mol. The van der Waals surface area contributed by atoms with Gasteiger partial charge in [0, 0.05) is 15.5 Å². The van der Waals surface area contributed by atoms with Crippen LogP contribution in [0.4, 0.5) is 0 Å². The number of benzene rings is 1. The van der Waals surface area contributed by atoms with Crippen LogP contribution in [0.5, 0.6) is 0 Å². The minimum atomic E-state index is -1.01. The molecule has 1 aromatic carbocycles. The summed E-state index contributed by atoms with van der Waals surface area (Å²) in [5.41, 5.74) is 0.399. The monoisotopic (exact) mass is 331 g/mol. The Morgan fingerprint density at radius 1 is 1.44 bits per heavy atom. The van der Waals surface area contributed by atoms with E-state index >= 15 is 0 Å². The lowest BCUT2D eigenvalue weighted by Gasteiger charge is -2.21. The SMILES string of the molecule is O=C(O)CN(C(=O)c1cc(Cl)ccc1Br)C1CC1. The van der Waals surface area contributed by atoms with Crippen molar-refractivity contribution in [2.75, 3.05) is 6.54 Å². The first-order valence-corrected chi connectivity index (χ1v) is 6.64. The summed E-state index contributed by atoms with van der Waals surface area (Å²) < 4.78 is 0.618. The Kier molecular flexibility index (Phi) is 3.92. The predicted octanol–water partition coefficient (Wildman–Crippen LogP) is 2.79. The second-order valence-electron chi connectivity index (χ2n) is 4.18. The van der Waals surface area contributed by atoms with Gasteiger partial charge in [0.15, 0.2) is 0 Å². The highest BCUT2D eigenvalue weighted by molar-refractivity contribution is 9.10. The second-order valence-corrected chi connectivity index (χ2v) is 5.47. The number of halogens is 2. The summed E-state index contributed by atoms with van der Waals surface area (Å²) in [4.78, 5) is 24.5. The number of nitrogens with zero attached hydrogens (tertiary/aromatic N) is 1. The van der Waals surface area contributed by atoms with E-state index in [1.54, 1.807) is 18.2 Å². The van der Waals surface area contributed by atoms with Gasteiger partial charge in [-0.1, -0.05) is 11.6 Å². The summed E-state index contributed by atoms with van der Waals surface area (Å²) in [5, 5.41) is 9.30. The van der Waals surface area contributed by atoms with Gasteiger partial charge in [-0.15, -0.1) is 0 Å². The number of carbonyl (C=O) groups excluding carboxylic acids is 1. The van der Waals surface area contributed by atoms with Crippen LogP contribution in [0.2, 0.25) is 5.02 Å². The molecule has 1 aliphatic rings. The molecule has 1 saturated carbocycles. The van der Waals surface area contributed by atoms with E-state index in [0.29, 0.717) is 15.1 Å². The van der Waals surface area contributed by atoms with Gasteiger partial charge in [0.25, 0.3) is 5.91 Å². The molecule has 0 heterocycles. The molecule has 6 heteroatoms. The molecule has 96 valence electrons. The molecule has 0 unspecified atom stereocenters. The van der Waals surface area contributed by atoms with Crippen LogP contribution in [-0.4, -0.2) is 34.5 Å². The van der Waals surface area contributed by atoms with E-state index in [2.05, 4.69) is 15.9 Å². The van der Waals surface area contributed by atoms with Crippen molar-refractivity contribution in [3.63, 3.8) is 0 Å². The zero-order valence-corrected chi connectivity index (χ0v) is 11.7. The molecule has 1 amide bonds. The summed E-state index contributed by atoms with van der Waals surface area (Å²) in [5.74, 6) is -1.30. The quantitative estimate of drug-likeness (QED) is 0.922. The average molecular weight is 333 g/mol. The first-order valence-electron chi connectivity index (χ1n) is 5.47. The lowest BCUT2D eigenvalue weighted by Crippen LogP contribution is -2.37. The van der Waals surface area contributed by atoms with E-state index in [0.717, 1.165) is 12.8 Å². The molecule has 0 spiro atoms. The van der Waals surface area contributed by atoms with Gasteiger partial charge in [-0.2, -0.15) is 0 Å². The predicted molar refractivity (Wildman–Crippen MR) is 70.8 cm³/mol. The Morgan fingerprint density at radius 3 is 2.67 bits per heavy atom. The number of carboxylic acid groups (broad SMARTS) is 1. The van der Waals surface area contributed by atoms with Crippen LogP contribution < -0.4 is 0 Å². The summed E-state index contributed by atoms with van der Waals surface area (Å²) in [6.45, 7) is -0.275. The molecule has 2 rings (SSSR count). The summed E-state index contributed by atoms with van der Waals surface area (Å²) >= 11 is 9.14. The molecule has 0 radical (unpaired) electrons. The second kappa shape index (κ2) is 5.28. The summed E-state index contributed by atoms with van der Waals surface area (Å²) in [7, 11) is 0. The molecular formula is C12H11BrClNO3. The smallest absolute Gasteiger partial charge is 0.323 e. The Labute approximate surface area is 118 Å². The lowest BCUT2D eigenvalue weighted by molar-refractivity contribution is -0.137. The highest BCUT2D eigenvalue weighted by atomic mass is 79.9. The molecule has 1 N–H and O–H groups in total. The van der Waals surface area contributed by atoms with Gasteiger partial charge in [-0.25, -0.2) is 0 Å². The van der Waals surface area contributed by atoms with Crippen molar-refractivity contribution < 1.29 is 14.7 Å². The van der Waals surface area contributed by atoms with Crippen molar-refractivity contribution in [2.45, 2.75) is 18.9 Å². The number of hydrogen-bond acceptors (Lipinski definition) is 2. The van der Waals surface area contributed by atoms with Crippen LogP contribution in [0.25, 0.3) is 0 Å². The van der Waals surface area contributed by atoms with Crippen molar-refractivity contribution in [3.05, 3.63) is 33.3 Å². The van der Waals surface area contributed by atoms with Gasteiger partial charge in [0.1, 0.15) is 6.54 Å². The maximum Gasteiger partial charge on any atom is 0.323 e. The highest BCUT2D eigenvalue weighted by Gasteiger charge is 2.34. The van der Waals surface area contributed by atoms with Crippen LogP contribution in [0, 0.1) is 0 Å². The maximum atomic E-state index is 12.3. The Balaban J connectivity index is 2.27. The molecule has 0 aromatic heterocycles. The first-order chi connectivity index (χ1) is 8.49. The van der Waals surface area contributed by atoms with E-state index in [1.807, 2.05) is 0 Å². The summed E-state index contributed by atoms with van der Waals surface area (Å²) in [6.07, 6.45) is 1.72. The fourth-order valence-corrected chi connectivity index (χ4v) is 2.30. The molecule has 0 saturated heterocycles. The van der Waals surface area contributed by atoms with Crippen molar-refractivity contribution >= 4 is 39.4 Å². The van der Waals surface area contributed by atoms with Crippen LogP contribution in [0.3, 0.4) is 0 Å². The Hall–Kier alpha value is -1.07. The van der Waals surface area contributed by atoms with E-state index in [4.69, 9.17) is 16.7 Å². The first kappa shape index (κ1) is 13.4. The zero-order valence-electron chi connectivity index (χ0n) is 9.40. The van der Waals surface area contributed by atoms with Gasteiger partial charge < -0.3 is 10.0 Å². The van der Waals surface area contributed by atoms with Gasteiger partial charge in [-0.05, 0) is 47.0 Å². The molecule has 18 heavy (non-hydrogen) atoms. The Morgan fingerprint density at radius 2 is 2.11 bits per heavy atom. The molecule has 0 bridgehead atoms. The van der Waals surface area contributed by atoms with Gasteiger partial charge >= 0.3 is 5.97 Å². The van der Waals surface area contributed by atoms with Crippen LogP contribution >= 0.6 is 27.5 Å². The van der Waals surface area contributed by atoms with Gasteiger partial charge in [-0.3, -0.25) is 9.59 Å². The molecule has 0 aliphatic heterocycles. The normalized spacial score (nSPS) is 14.3. The lowest BCUT2D eigenvalue weighted by atomic mass is 10.2. The average Bonchev–Trinajstić information content (AvgIpc) is 3.12. The van der Waals surface area contributed by atoms with E-state index in [1.165, 1.54) is 4.90 Å². The largest absolute Gasteiger partial charge is 0.480 e. The maximum absolute atomic E-state index is 12.3. The molecule has 4 nitrogen and oxygen atoms in total. The van der Waals surface area contributed by atoms with E-state index in [-0.39, 0.29) is 18.5 Å². The minimum absolute atomic E-state index is 0.0412. The van der Waals surface area contributed by atoms with E-state index < -0.39 is 5.97 Å². The number of rotatable bonds is 4. The fraction of sp³-hybridized carbons (Fsp3) is 0.333. The van der Waals surface area contributed by atoms with Crippen molar-refractivity contribution in [1.29, 1.82) is 0 Å². The highest BCUT2D eigenvalue weighted by Crippen LogP contribution is 2.30. The Bertz CT molecular complexity index is 502. The third-order valence-electron chi connectivity index (χ3n) is 2.71. The fourth-order valence-electron chi connectivity index (χ4n) is 1.71. The summed E-state index contributed by atoms with van der Waals surface area (Å²) in [6, 6.07) is 4.94. The number of aliphatic carboxylic acids is 1. The van der Waals surface area contributed by atoms with Crippen LogP contribution in [0.15, 0.2) is 22.7 Å². The molecule has 0 atom stereocenters.